The molecule has 1 aliphatic rings. The van der Waals surface area contributed by atoms with E-state index in [4.69, 9.17) is 4.74 Å². The Bertz CT molecular complexity index is 910. The fourth-order valence-electron chi connectivity index (χ4n) is 3.53. The smallest absolute Gasteiger partial charge is 0.251 e. The molecule has 0 aromatic heterocycles. The van der Waals surface area contributed by atoms with Crippen LogP contribution in [0.4, 0.5) is 5.69 Å². The molecule has 0 unspecified atom stereocenters. The van der Waals surface area contributed by atoms with Crippen LogP contribution in [-0.4, -0.2) is 38.8 Å². The van der Waals surface area contributed by atoms with Crippen LogP contribution in [0.2, 0.25) is 0 Å². The third kappa shape index (κ3) is 4.12. The number of hydrogen-bond donors (Lipinski definition) is 1. The van der Waals surface area contributed by atoms with Crippen molar-refractivity contribution in [3.63, 3.8) is 0 Å². The highest BCUT2D eigenvalue weighted by Gasteiger charge is 2.11. The SMILES string of the molecule is O=C(NCCc1ccc(N2CCOCC2)cc1)c1cccc2ccccc12. The molecule has 0 spiro atoms. The van der Waals surface area contributed by atoms with Crippen LogP contribution in [0.15, 0.2) is 66.7 Å². The first kappa shape index (κ1) is 17.6. The van der Waals surface area contributed by atoms with Gasteiger partial charge in [0.15, 0.2) is 0 Å². The fourth-order valence-corrected chi connectivity index (χ4v) is 3.53. The van der Waals surface area contributed by atoms with E-state index in [1.54, 1.807) is 0 Å². The predicted octanol–water partition coefficient (Wildman–Crippen LogP) is 3.65. The van der Waals surface area contributed by atoms with Gasteiger partial charge in [-0.25, -0.2) is 0 Å². The fraction of sp³-hybridized carbons (Fsp3) is 0.261. The monoisotopic (exact) mass is 360 g/mol. The number of morpholine rings is 1. The van der Waals surface area contributed by atoms with Crippen molar-refractivity contribution in [3.8, 4) is 0 Å². The van der Waals surface area contributed by atoms with Crippen molar-refractivity contribution in [1.82, 2.24) is 5.32 Å². The van der Waals surface area contributed by atoms with E-state index in [-0.39, 0.29) is 5.91 Å². The number of rotatable bonds is 5. The summed E-state index contributed by atoms with van der Waals surface area (Å²) in [6.07, 6.45) is 0.819. The van der Waals surface area contributed by atoms with Crippen molar-refractivity contribution in [2.75, 3.05) is 37.7 Å². The second kappa shape index (κ2) is 8.23. The summed E-state index contributed by atoms with van der Waals surface area (Å²) in [6.45, 7) is 4.10. The lowest BCUT2D eigenvalue weighted by Gasteiger charge is -2.28. The minimum atomic E-state index is -0.0169. The van der Waals surface area contributed by atoms with Gasteiger partial charge in [0.25, 0.3) is 5.91 Å². The van der Waals surface area contributed by atoms with Gasteiger partial charge in [0.1, 0.15) is 0 Å². The van der Waals surface area contributed by atoms with Gasteiger partial charge in [0.2, 0.25) is 0 Å². The third-order valence-electron chi connectivity index (χ3n) is 5.05. The lowest BCUT2D eigenvalue weighted by atomic mass is 10.0. The Balaban J connectivity index is 1.34. The minimum absolute atomic E-state index is 0.0169. The Labute approximate surface area is 159 Å². The van der Waals surface area contributed by atoms with Gasteiger partial charge in [0, 0.05) is 30.9 Å². The maximum atomic E-state index is 12.6. The molecule has 1 aliphatic heterocycles. The number of carbonyl (C=O) groups is 1. The molecule has 0 atom stereocenters. The number of fused-ring (bicyclic) bond motifs is 1. The first-order chi connectivity index (χ1) is 13.3. The molecule has 0 radical (unpaired) electrons. The lowest BCUT2D eigenvalue weighted by molar-refractivity contribution is 0.0956. The summed E-state index contributed by atoms with van der Waals surface area (Å²) in [6, 6.07) is 22.4. The van der Waals surface area contributed by atoms with Crippen molar-refractivity contribution in [1.29, 1.82) is 0 Å². The zero-order chi connectivity index (χ0) is 18.5. The zero-order valence-corrected chi connectivity index (χ0v) is 15.4. The molecule has 1 fully saturated rings. The number of nitrogens with one attached hydrogen (secondary N) is 1. The Morgan fingerprint density at radius 1 is 0.926 bits per heavy atom. The van der Waals surface area contributed by atoms with Gasteiger partial charge >= 0.3 is 0 Å². The molecule has 4 heteroatoms. The molecular weight excluding hydrogens is 336 g/mol. The molecule has 1 saturated heterocycles. The average molecular weight is 360 g/mol. The topological polar surface area (TPSA) is 41.6 Å². The van der Waals surface area contributed by atoms with Crippen LogP contribution < -0.4 is 10.2 Å². The number of nitrogens with zero attached hydrogens (tertiary/aromatic N) is 1. The van der Waals surface area contributed by atoms with Gasteiger partial charge in [-0.2, -0.15) is 0 Å². The quantitative estimate of drug-likeness (QED) is 0.755. The summed E-state index contributed by atoms with van der Waals surface area (Å²) < 4.78 is 5.40. The van der Waals surface area contributed by atoms with E-state index in [0.29, 0.717) is 6.54 Å². The number of anilines is 1. The molecule has 4 nitrogen and oxygen atoms in total. The number of amides is 1. The van der Waals surface area contributed by atoms with Gasteiger partial charge < -0.3 is 15.0 Å². The molecule has 1 amide bonds. The van der Waals surface area contributed by atoms with E-state index < -0.39 is 0 Å². The molecule has 3 aromatic carbocycles. The van der Waals surface area contributed by atoms with Gasteiger partial charge in [-0.05, 0) is 41.0 Å². The zero-order valence-electron chi connectivity index (χ0n) is 15.4. The minimum Gasteiger partial charge on any atom is -0.378 e. The van der Waals surface area contributed by atoms with Gasteiger partial charge in [0.05, 0.1) is 13.2 Å². The van der Waals surface area contributed by atoms with E-state index in [9.17, 15) is 4.79 Å². The molecule has 0 saturated carbocycles. The number of benzene rings is 3. The standard InChI is InChI=1S/C23H24N2O2/c26-23(22-7-3-5-19-4-1-2-6-21(19)22)24-13-12-18-8-10-20(11-9-18)25-14-16-27-17-15-25/h1-11H,12-17H2,(H,24,26). The van der Waals surface area contributed by atoms with Gasteiger partial charge in [-0.3, -0.25) is 4.79 Å². The van der Waals surface area contributed by atoms with Crippen LogP contribution >= 0.6 is 0 Å². The molecule has 0 bridgehead atoms. The predicted molar refractivity (Wildman–Crippen MR) is 109 cm³/mol. The molecule has 1 heterocycles. The van der Waals surface area contributed by atoms with E-state index in [1.807, 2.05) is 42.5 Å². The van der Waals surface area contributed by atoms with E-state index in [2.05, 4.69) is 34.5 Å². The van der Waals surface area contributed by atoms with Crippen LogP contribution in [0, 0.1) is 0 Å². The Morgan fingerprint density at radius 3 is 2.48 bits per heavy atom. The van der Waals surface area contributed by atoms with Crippen molar-refractivity contribution in [3.05, 3.63) is 77.9 Å². The van der Waals surface area contributed by atoms with Crippen LogP contribution in [0.25, 0.3) is 10.8 Å². The average Bonchev–Trinajstić information content (AvgIpc) is 2.74. The summed E-state index contributed by atoms with van der Waals surface area (Å²) in [4.78, 5) is 14.9. The van der Waals surface area contributed by atoms with Crippen LogP contribution in [0.1, 0.15) is 15.9 Å². The second-order valence-corrected chi connectivity index (χ2v) is 6.80. The van der Waals surface area contributed by atoms with Gasteiger partial charge in [-0.1, -0.05) is 48.5 Å². The van der Waals surface area contributed by atoms with Crippen molar-refractivity contribution in [2.24, 2.45) is 0 Å². The number of carbonyl (C=O) groups excluding carboxylic acids is 1. The molecule has 0 aliphatic carbocycles. The first-order valence-electron chi connectivity index (χ1n) is 9.49. The number of hydrogen-bond acceptors (Lipinski definition) is 3. The van der Waals surface area contributed by atoms with Crippen LogP contribution in [0.5, 0.6) is 0 Å². The largest absolute Gasteiger partial charge is 0.378 e. The Kier molecular flexibility index (Phi) is 5.35. The van der Waals surface area contributed by atoms with Crippen molar-refractivity contribution < 1.29 is 9.53 Å². The first-order valence-corrected chi connectivity index (χ1v) is 9.49. The third-order valence-corrected chi connectivity index (χ3v) is 5.05. The summed E-state index contributed by atoms with van der Waals surface area (Å²) in [5.74, 6) is -0.0169. The highest BCUT2D eigenvalue weighted by atomic mass is 16.5. The molecule has 27 heavy (non-hydrogen) atoms. The summed E-state index contributed by atoms with van der Waals surface area (Å²) >= 11 is 0. The van der Waals surface area contributed by atoms with E-state index in [0.717, 1.165) is 49.1 Å². The van der Waals surface area contributed by atoms with E-state index in [1.165, 1.54) is 11.3 Å². The molecule has 4 rings (SSSR count). The van der Waals surface area contributed by atoms with Crippen molar-refractivity contribution >= 4 is 22.4 Å². The molecular formula is C23H24N2O2. The Morgan fingerprint density at radius 2 is 1.67 bits per heavy atom. The highest BCUT2D eigenvalue weighted by molar-refractivity contribution is 6.06. The van der Waals surface area contributed by atoms with E-state index >= 15 is 0 Å². The Hall–Kier alpha value is -2.85. The maximum Gasteiger partial charge on any atom is 0.251 e. The van der Waals surface area contributed by atoms with Gasteiger partial charge in [-0.15, -0.1) is 0 Å². The molecule has 3 aromatic rings. The van der Waals surface area contributed by atoms with Crippen LogP contribution in [0.3, 0.4) is 0 Å². The molecule has 1 N–H and O–H groups in total. The maximum absolute atomic E-state index is 12.6. The van der Waals surface area contributed by atoms with Crippen molar-refractivity contribution in [2.45, 2.75) is 6.42 Å². The lowest BCUT2D eigenvalue weighted by Crippen LogP contribution is -2.36. The summed E-state index contributed by atoms with van der Waals surface area (Å²) in [7, 11) is 0. The second-order valence-electron chi connectivity index (χ2n) is 6.80. The van der Waals surface area contributed by atoms with Crippen LogP contribution in [-0.2, 0) is 11.2 Å². The highest BCUT2D eigenvalue weighted by Crippen LogP contribution is 2.19. The normalized spacial score (nSPS) is 14.3. The summed E-state index contributed by atoms with van der Waals surface area (Å²) in [5.41, 5.74) is 3.20. The summed E-state index contributed by atoms with van der Waals surface area (Å²) in [5, 5.41) is 5.13. The number of ether oxygens (including phenoxy) is 1. The molecule has 138 valence electrons.